The number of rotatable bonds is 7. The Morgan fingerprint density at radius 1 is 1.53 bits per heavy atom. The fourth-order valence-corrected chi connectivity index (χ4v) is 2.36. The van der Waals surface area contributed by atoms with Crippen molar-refractivity contribution in [2.24, 2.45) is 0 Å². The number of aliphatic hydroxyl groups is 1. The zero-order chi connectivity index (χ0) is 11.1. The van der Waals surface area contributed by atoms with Crippen LogP contribution in [0.4, 0.5) is 0 Å². The minimum Gasteiger partial charge on any atom is -0.393 e. The van der Waals surface area contributed by atoms with Crippen LogP contribution in [0.5, 0.6) is 0 Å². The van der Waals surface area contributed by atoms with E-state index in [-0.39, 0.29) is 6.10 Å². The predicted molar refractivity (Wildman–Crippen MR) is 62.0 cm³/mol. The first-order valence-corrected chi connectivity index (χ1v) is 6.24. The molecular formula is C12H25NO2. The van der Waals surface area contributed by atoms with Crippen LogP contribution in [0.25, 0.3) is 0 Å². The molecule has 0 saturated carbocycles. The maximum absolute atomic E-state index is 9.39. The second kappa shape index (κ2) is 7.20. The normalized spacial score (nSPS) is 24.6. The first-order chi connectivity index (χ1) is 7.24. The van der Waals surface area contributed by atoms with Crippen molar-refractivity contribution < 1.29 is 9.84 Å². The monoisotopic (exact) mass is 215 g/mol. The molecule has 0 radical (unpaired) electrons. The van der Waals surface area contributed by atoms with Gasteiger partial charge in [0.15, 0.2) is 0 Å². The summed E-state index contributed by atoms with van der Waals surface area (Å²) in [4.78, 5) is 2.51. The average Bonchev–Trinajstić information content (AvgIpc) is 2.59. The van der Waals surface area contributed by atoms with Crippen LogP contribution in [-0.4, -0.2) is 48.5 Å². The third kappa shape index (κ3) is 4.96. The van der Waals surface area contributed by atoms with E-state index in [0.29, 0.717) is 6.04 Å². The summed E-state index contributed by atoms with van der Waals surface area (Å²) in [5.41, 5.74) is 0. The SMILES string of the molecule is CCOCCCN1CCCC1CC(C)O. The number of aliphatic hydroxyl groups excluding tert-OH is 1. The number of hydrogen-bond acceptors (Lipinski definition) is 3. The van der Waals surface area contributed by atoms with Crippen molar-refractivity contribution in [3.8, 4) is 0 Å². The maximum Gasteiger partial charge on any atom is 0.0527 e. The number of hydrogen-bond donors (Lipinski definition) is 1. The van der Waals surface area contributed by atoms with Crippen LogP contribution in [0.3, 0.4) is 0 Å². The Morgan fingerprint density at radius 3 is 3.00 bits per heavy atom. The first-order valence-electron chi connectivity index (χ1n) is 6.24. The number of likely N-dealkylation sites (tertiary alicyclic amines) is 1. The molecule has 1 aliphatic heterocycles. The van der Waals surface area contributed by atoms with Crippen molar-refractivity contribution in [2.75, 3.05) is 26.3 Å². The van der Waals surface area contributed by atoms with Gasteiger partial charge in [-0.3, -0.25) is 0 Å². The van der Waals surface area contributed by atoms with Crippen LogP contribution in [0.1, 0.15) is 39.5 Å². The molecule has 1 heterocycles. The molecule has 2 atom stereocenters. The first kappa shape index (κ1) is 12.9. The molecule has 0 bridgehead atoms. The Hall–Kier alpha value is -0.120. The van der Waals surface area contributed by atoms with Crippen LogP contribution in [0, 0.1) is 0 Å². The fraction of sp³-hybridized carbons (Fsp3) is 1.00. The summed E-state index contributed by atoms with van der Waals surface area (Å²) in [5, 5.41) is 9.39. The largest absolute Gasteiger partial charge is 0.393 e. The molecule has 0 aromatic rings. The standard InChI is InChI=1S/C12H25NO2/c1-3-15-9-5-8-13-7-4-6-12(13)10-11(2)14/h11-12,14H,3-10H2,1-2H3. The van der Waals surface area contributed by atoms with Gasteiger partial charge in [-0.2, -0.15) is 0 Å². The number of ether oxygens (including phenoxy) is 1. The lowest BCUT2D eigenvalue weighted by atomic mass is 10.1. The smallest absolute Gasteiger partial charge is 0.0527 e. The summed E-state index contributed by atoms with van der Waals surface area (Å²) in [5.74, 6) is 0. The van der Waals surface area contributed by atoms with E-state index in [0.717, 1.165) is 32.6 Å². The molecule has 1 N–H and O–H groups in total. The van der Waals surface area contributed by atoms with Gasteiger partial charge in [-0.05, 0) is 46.1 Å². The summed E-state index contributed by atoms with van der Waals surface area (Å²) >= 11 is 0. The minimum atomic E-state index is -0.164. The minimum absolute atomic E-state index is 0.164. The lowest BCUT2D eigenvalue weighted by Crippen LogP contribution is -2.33. The lowest BCUT2D eigenvalue weighted by molar-refractivity contribution is 0.111. The highest BCUT2D eigenvalue weighted by atomic mass is 16.5. The van der Waals surface area contributed by atoms with Crippen LogP contribution in [0.15, 0.2) is 0 Å². The van der Waals surface area contributed by atoms with Crippen LogP contribution < -0.4 is 0 Å². The highest BCUT2D eigenvalue weighted by molar-refractivity contribution is 4.80. The summed E-state index contributed by atoms with van der Waals surface area (Å²) < 4.78 is 5.33. The van der Waals surface area contributed by atoms with E-state index in [1.54, 1.807) is 0 Å². The summed E-state index contributed by atoms with van der Waals surface area (Å²) in [6.45, 7) is 7.93. The topological polar surface area (TPSA) is 32.7 Å². The molecule has 3 nitrogen and oxygen atoms in total. The Kier molecular flexibility index (Phi) is 6.22. The molecule has 0 aromatic carbocycles. The predicted octanol–water partition coefficient (Wildman–Crippen LogP) is 1.65. The van der Waals surface area contributed by atoms with Crippen LogP contribution in [-0.2, 0) is 4.74 Å². The van der Waals surface area contributed by atoms with Gasteiger partial charge in [0.25, 0.3) is 0 Å². The van der Waals surface area contributed by atoms with E-state index < -0.39 is 0 Å². The van der Waals surface area contributed by atoms with E-state index in [4.69, 9.17) is 4.74 Å². The van der Waals surface area contributed by atoms with Crippen molar-refractivity contribution in [3.63, 3.8) is 0 Å². The van der Waals surface area contributed by atoms with Crippen molar-refractivity contribution in [3.05, 3.63) is 0 Å². The van der Waals surface area contributed by atoms with Gasteiger partial charge in [0.05, 0.1) is 6.10 Å². The van der Waals surface area contributed by atoms with Gasteiger partial charge >= 0.3 is 0 Å². The number of nitrogens with zero attached hydrogens (tertiary/aromatic N) is 1. The van der Waals surface area contributed by atoms with Crippen molar-refractivity contribution in [2.45, 2.75) is 51.7 Å². The van der Waals surface area contributed by atoms with E-state index in [9.17, 15) is 5.11 Å². The zero-order valence-corrected chi connectivity index (χ0v) is 10.1. The van der Waals surface area contributed by atoms with Gasteiger partial charge in [-0.1, -0.05) is 0 Å². The highest BCUT2D eigenvalue weighted by Crippen LogP contribution is 2.21. The quantitative estimate of drug-likeness (QED) is 0.655. The molecule has 1 saturated heterocycles. The molecule has 15 heavy (non-hydrogen) atoms. The third-order valence-electron chi connectivity index (χ3n) is 3.05. The molecular weight excluding hydrogens is 190 g/mol. The molecule has 0 spiro atoms. The van der Waals surface area contributed by atoms with Gasteiger partial charge in [0.1, 0.15) is 0 Å². The molecule has 1 aliphatic rings. The Morgan fingerprint density at radius 2 is 2.33 bits per heavy atom. The van der Waals surface area contributed by atoms with Gasteiger partial charge in [0.2, 0.25) is 0 Å². The molecule has 90 valence electrons. The van der Waals surface area contributed by atoms with Crippen molar-refractivity contribution >= 4 is 0 Å². The molecule has 0 amide bonds. The molecule has 2 unspecified atom stereocenters. The molecule has 1 fully saturated rings. The second-order valence-corrected chi connectivity index (χ2v) is 4.47. The summed E-state index contributed by atoms with van der Waals surface area (Å²) in [6.07, 6.45) is 4.41. The summed E-state index contributed by atoms with van der Waals surface area (Å²) in [6, 6.07) is 0.603. The van der Waals surface area contributed by atoms with E-state index in [1.165, 1.54) is 19.4 Å². The Balaban J connectivity index is 2.15. The van der Waals surface area contributed by atoms with E-state index in [2.05, 4.69) is 4.90 Å². The van der Waals surface area contributed by atoms with Gasteiger partial charge in [0, 0.05) is 25.8 Å². The molecule has 1 rings (SSSR count). The average molecular weight is 215 g/mol. The van der Waals surface area contributed by atoms with Gasteiger partial charge < -0.3 is 14.7 Å². The van der Waals surface area contributed by atoms with E-state index in [1.807, 2.05) is 13.8 Å². The van der Waals surface area contributed by atoms with Crippen LogP contribution in [0.2, 0.25) is 0 Å². The Bertz CT molecular complexity index is 162. The summed E-state index contributed by atoms with van der Waals surface area (Å²) in [7, 11) is 0. The molecule has 3 heteroatoms. The van der Waals surface area contributed by atoms with Gasteiger partial charge in [-0.15, -0.1) is 0 Å². The second-order valence-electron chi connectivity index (χ2n) is 4.47. The molecule has 0 aliphatic carbocycles. The third-order valence-corrected chi connectivity index (χ3v) is 3.05. The molecule has 0 aromatic heterocycles. The van der Waals surface area contributed by atoms with Gasteiger partial charge in [-0.25, -0.2) is 0 Å². The maximum atomic E-state index is 9.39. The van der Waals surface area contributed by atoms with Crippen molar-refractivity contribution in [1.29, 1.82) is 0 Å². The van der Waals surface area contributed by atoms with Crippen LogP contribution >= 0.6 is 0 Å². The highest BCUT2D eigenvalue weighted by Gasteiger charge is 2.24. The zero-order valence-electron chi connectivity index (χ0n) is 10.1. The lowest BCUT2D eigenvalue weighted by Gasteiger charge is -2.25. The van der Waals surface area contributed by atoms with Crippen molar-refractivity contribution in [1.82, 2.24) is 4.90 Å². The Labute approximate surface area is 93.4 Å². The van der Waals surface area contributed by atoms with E-state index >= 15 is 0 Å². The fourth-order valence-electron chi connectivity index (χ4n) is 2.36.